The highest BCUT2D eigenvalue weighted by molar-refractivity contribution is 5.80. The van der Waals surface area contributed by atoms with Crippen LogP contribution in [0.3, 0.4) is 0 Å². The standard InChI is InChI=1S/C14H16FN3O2/c1-8-6-11-12(16-17-13(11)15)7-10(8)9-2-4-18(5-3-9)14(19)20/h6-7,9H,2-5H2,1H3,(H,16,17)(H,19,20). The number of H-pyrrole nitrogens is 1. The lowest BCUT2D eigenvalue weighted by atomic mass is 9.86. The number of fused-ring (bicyclic) bond motifs is 1. The lowest BCUT2D eigenvalue weighted by molar-refractivity contribution is 0.132. The highest BCUT2D eigenvalue weighted by Gasteiger charge is 2.25. The second-order valence-electron chi connectivity index (χ2n) is 5.31. The molecule has 2 heterocycles. The van der Waals surface area contributed by atoms with Gasteiger partial charge in [-0.1, -0.05) is 0 Å². The number of halogens is 1. The molecule has 0 atom stereocenters. The van der Waals surface area contributed by atoms with Gasteiger partial charge < -0.3 is 10.0 Å². The van der Waals surface area contributed by atoms with Crippen molar-refractivity contribution in [3.63, 3.8) is 0 Å². The molecule has 20 heavy (non-hydrogen) atoms. The maximum absolute atomic E-state index is 13.5. The molecule has 6 heteroatoms. The number of nitrogens with zero attached hydrogens (tertiary/aromatic N) is 2. The SMILES string of the molecule is Cc1cc2c(F)[nH]nc2cc1C1CCN(C(=O)O)CC1. The van der Waals surface area contributed by atoms with E-state index in [1.807, 2.05) is 19.1 Å². The van der Waals surface area contributed by atoms with Crippen LogP contribution >= 0.6 is 0 Å². The summed E-state index contributed by atoms with van der Waals surface area (Å²) in [4.78, 5) is 12.4. The first-order valence-electron chi connectivity index (χ1n) is 6.68. The molecular weight excluding hydrogens is 261 g/mol. The third kappa shape index (κ3) is 2.11. The van der Waals surface area contributed by atoms with Gasteiger partial charge in [-0.3, -0.25) is 5.10 Å². The first kappa shape index (κ1) is 12.9. The number of carboxylic acid groups (broad SMARTS) is 1. The van der Waals surface area contributed by atoms with Crippen LogP contribution < -0.4 is 0 Å². The van der Waals surface area contributed by atoms with Crippen LogP contribution in [0.25, 0.3) is 10.9 Å². The summed E-state index contributed by atoms with van der Waals surface area (Å²) < 4.78 is 13.5. The summed E-state index contributed by atoms with van der Waals surface area (Å²) in [6, 6.07) is 3.73. The fourth-order valence-electron chi connectivity index (χ4n) is 2.97. The van der Waals surface area contributed by atoms with Gasteiger partial charge in [0.15, 0.2) is 0 Å². The summed E-state index contributed by atoms with van der Waals surface area (Å²) in [7, 11) is 0. The zero-order chi connectivity index (χ0) is 14.3. The van der Waals surface area contributed by atoms with E-state index in [9.17, 15) is 9.18 Å². The summed E-state index contributed by atoms with van der Waals surface area (Å²) >= 11 is 0. The first-order chi connectivity index (χ1) is 9.56. The molecule has 0 saturated carbocycles. The van der Waals surface area contributed by atoms with Crippen molar-refractivity contribution in [2.24, 2.45) is 0 Å². The molecule has 0 bridgehead atoms. The summed E-state index contributed by atoms with van der Waals surface area (Å²) in [6.07, 6.45) is 0.738. The Morgan fingerprint density at radius 2 is 2.15 bits per heavy atom. The largest absolute Gasteiger partial charge is 0.465 e. The first-order valence-corrected chi connectivity index (χ1v) is 6.68. The Balaban J connectivity index is 1.87. The van der Waals surface area contributed by atoms with Gasteiger partial charge in [0.05, 0.1) is 10.9 Å². The minimum atomic E-state index is -0.856. The van der Waals surface area contributed by atoms with Crippen LogP contribution in [-0.2, 0) is 0 Å². The van der Waals surface area contributed by atoms with E-state index in [4.69, 9.17) is 5.11 Å². The molecule has 1 aliphatic rings. The Morgan fingerprint density at radius 3 is 2.80 bits per heavy atom. The molecule has 3 rings (SSSR count). The molecule has 1 saturated heterocycles. The molecule has 1 fully saturated rings. The molecule has 0 unspecified atom stereocenters. The van der Waals surface area contributed by atoms with Crippen molar-refractivity contribution in [1.29, 1.82) is 0 Å². The fourth-order valence-corrected chi connectivity index (χ4v) is 2.97. The van der Waals surface area contributed by atoms with E-state index in [0.29, 0.717) is 29.9 Å². The number of hydrogen-bond donors (Lipinski definition) is 2. The lowest BCUT2D eigenvalue weighted by Gasteiger charge is -2.30. The Kier molecular flexibility index (Phi) is 3.08. The van der Waals surface area contributed by atoms with Crippen LogP contribution in [0, 0.1) is 12.9 Å². The summed E-state index contributed by atoms with van der Waals surface area (Å²) in [5.41, 5.74) is 2.81. The molecule has 1 amide bonds. The molecule has 1 aromatic heterocycles. The van der Waals surface area contributed by atoms with Crippen molar-refractivity contribution in [3.8, 4) is 0 Å². The Hall–Kier alpha value is -2.11. The number of nitrogens with one attached hydrogen (secondary N) is 1. The van der Waals surface area contributed by atoms with Gasteiger partial charge in [-0.25, -0.2) is 4.79 Å². The van der Waals surface area contributed by atoms with Crippen molar-refractivity contribution in [3.05, 3.63) is 29.2 Å². The van der Waals surface area contributed by atoms with Gasteiger partial charge in [0.2, 0.25) is 5.95 Å². The van der Waals surface area contributed by atoms with Gasteiger partial charge in [-0.15, -0.1) is 0 Å². The Bertz CT molecular complexity index is 660. The number of aromatic nitrogens is 2. The van der Waals surface area contributed by atoms with Gasteiger partial charge in [-0.2, -0.15) is 9.49 Å². The molecular formula is C14H16FN3O2. The molecule has 0 radical (unpaired) electrons. The van der Waals surface area contributed by atoms with Crippen LogP contribution in [0.5, 0.6) is 0 Å². The van der Waals surface area contributed by atoms with Crippen molar-refractivity contribution < 1.29 is 14.3 Å². The van der Waals surface area contributed by atoms with Gasteiger partial charge in [0.1, 0.15) is 0 Å². The van der Waals surface area contributed by atoms with E-state index in [1.165, 1.54) is 4.90 Å². The zero-order valence-corrected chi connectivity index (χ0v) is 11.2. The number of hydrogen-bond acceptors (Lipinski definition) is 2. The van der Waals surface area contributed by atoms with Crippen molar-refractivity contribution in [1.82, 2.24) is 15.1 Å². The number of aromatic amines is 1. The number of carbonyl (C=O) groups is 1. The van der Waals surface area contributed by atoms with E-state index >= 15 is 0 Å². The van der Waals surface area contributed by atoms with E-state index in [2.05, 4.69) is 10.2 Å². The molecule has 2 N–H and O–H groups in total. The lowest BCUT2D eigenvalue weighted by Crippen LogP contribution is -2.36. The number of benzene rings is 1. The molecule has 0 spiro atoms. The summed E-state index contributed by atoms with van der Waals surface area (Å²) in [5, 5.41) is 15.8. The number of piperidine rings is 1. The van der Waals surface area contributed by atoms with Crippen molar-refractivity contribution >= 4 is 17.0 Å². The van der Waals surface area contributed by atoms with E-state index < -0.39 is 12.0 Å². The van der Waals surface area contributed by atoms with E-state index in [-0.39, 0.29) is 0 Å². The second kappa shape index (κ2) is 4.77. The van der Waals surface area contributed by atoms with E-state index in [1.54, 1.807) is 0 Å². The van der Waals surface area contributed by atoms with E-state index in [0.717, 1.165) is 24.0 Å². The van der Waals surface area contributed by atoms with Crippen molar-refractivity contribution in [2.45, 2.75) is 25.7 Å². The van der Waals surface area contributed by atoms with Crippen LogP contribution in [0.15, 0.2) is 12.1 Å². The predicted octanol–water partition coefficient (Wildman–Crippen LogP) is 2.87. The van der Waals surface area contributed by atoms with Crippen LogP contribution in [-0.4, -0.2) is 39.4 Å². The normalized spacial score (nSPS) is 16.8. The third-order valence-corrected chi connectivity index (χ3v) is 4.10. The third-order valence-electron chi connectivity index (χ3n) is 4.10. The van der Waals surface area contributed by atoms with Crippen LogP contribution in [0.4, 0.5) is 9.18 Å². The monoisotopic (exact) mass is 277 g/mol. The van der Waals surface area contributed by atoms with Gasteiger partial charge in [0.25, 0.3) is 0 Å². The number of aryl methyl sites for hydroxylation is 1. The highest BCUT2D eigenvalue weighted by Crippen LogP contribution is 2.32. The van der Waals surface area contributed by atoms with Crippen LogP contribution in [0.1, 0.15) is 29.9 Å². The average molecular weight is 277 g/mol. The molecule has 1 aromatic carbocycles. The summed E-state index contributed by atoms with van der Waals surface area (Å²) in [5.74, 6) is -0.0925. The average Bonchev–Trinajstić information content (AvgIpc) is 2.79. The van der Waals surface area contributed by atoms with Crippen molar-refractivity contribution in [2.75, 3.05) is 13.1 Å². The quantitative estimate of drug-likeness (QED) is 0.842. The molecule has 5 nitrogen and oxygen atoms in total. The molecule has 2 aromatic rings. The maximum Gasteiger partial charge on any atom is 0.407 e. The zero-order valence-electron chi connectivity index (χ0n) is 11.2. The maximum atomic E-state index is 13.5. The van der Waals surface area contributed by atoms with Gasteiger partial charge in [0, 0.05) is 13.1 Å². The Morgan fingerprint density at radius 1 is 1.45 bits per heavy atom. The topological polar surface area (TPSA) is 69.2 Å². The number of likely N-dealkylation sites (tertiary alicyclic amines) is 1. The second-order valence-corrected chi connectivity index (χ2v) is 5.31. The minimum absolute atomic E-state index is 0.315. The van der Waals surface area contributed by atoms with Gasteiger partial charge in [-0.05, 0) is 48.9 Å². The predicted molar refractivity (Wildman–Crippen MR) is 72.4 cm³/mol. The molecule has 106 valence electrons. The smallest absolute Gasteiger partial charge is 0.407 e. The highest BCUT2D eigenvalue weighted by atomic mass is 19.1. The number of amides is 1. The number of rotatable bonds is 1. The Labute approximate surface area is 115 Å². The minimum Gasteiger partial charge on any atom is -0.465 e. The summed E-state index contributed by atoms with van der Waals surface area (Å²) in [6.45, 7) is 3.06. The fraction of sp³-hybridized carbons (Fsp3) is 0.429. The van der Waals surface area contributed by atoms with Crippen LogP contribution in [0.2, 0.25) is 0 Å². The van der Waals surface area contributed by atoms with Gasteiger partial charge >= 0.3 is 6.09 Å². The molecule has 1 aliphatic heterocycles. The molecule has 0 aliphatic carbocycles.